The summed E-state index contributed by atoms with van der Waals surface area (Å²) >= 11 is 0. The molecule has 2 heterocycles. The van der Waals surface area contributed by atoms with Crippen molar-refractivity contribution < 1.29 is 18.0 Å². The molecule has 2 unspecified atom stereocenters. The van der Waals surface area contributed by atoms with E-state index in [0.29, 0.717) is 24.7 Å². The molecule has 0 radical (unpaired) electrons. The maximum atomic E-state index is 11.2. The lowest BCUT2D eigenvalue weighted by atomic mass is 10.2. The highest BCUT2D eigenvalue weighted by atomic mass is 32.2. The van der Waals surface area contributed by atoms with Gasteiger partial charge in [-0.05, 0) is 6.92 Å². The molecule has 2 rings (SSSR count). The summed E-state index contributed by atoms with van der Waals surface area (Å²) < 4.78 is 27.4. The highest BCUT2D eigenvalue weighted by molar-refractivity contribution is 7.91. The van der Waals surface area contributed by atoms with Crippen LogP contribution in [0.15, 0.2) is 4.52 Å². The first-order chi connectivity index (χ1) is 7.96. The Morgan fingerprint density at radius 1 is 1.53 bits per heavy atom. The second-order valence-electron chi connectivity index (χ2n) is 4.19. The first-order valence-electron chi connectivity index (χ1n) is 5.37. The number of sulfone groups is 1. The Morgan fingerprint density at radius 2 is 2.29 bits per heavy atom. The third-order valence-electron chi connectivity index (χ3n) is 2.64. The lowest BCUT2D eigenvalue weighted by Crippen LogP contribution is -2.39. The zero-order chi connectivity index (χ0) is 12.5. The van der Waals surface area contributed by atoms with Crippen LogP contribution >= 0.6 is 0 Å². The number of aryl methyl sites for hydroxylation is 1. The Hall–Kier alpha value is -0.990. The van der Waals surface area contributed by atoms with E-state index in [0.717, 1.165) is 0 Å². The zero-order valence-corrected chi connectivity index (χ0v) is 10.3. The van der Waals surface area contributed by atoms with E-state index >= 15 is 0 Å². The Labute approximate surface area is 99.1 Å². The second kappa shape index (κ2) is 4.71. The van der Waals surface area contributed by atoms with Gasteiger partial charge in [0, 0.05) is 19.0 Å². The first kappa shape index (κ1) is 12.5. The second-order valence-corrected chi connectivity index (χ2v) is 6.34. The molecule has 1 aromatic heterocycles. The maximum absolute atomic E-state index is 11.2. The third-order valence-corrected chi connectivity index (χ3v) is 4.35. The fourth-order valence-electron chi connectivity index (χ4n) is 1.83. The molecule has 96 valence electrons. The topological polar surface area (TPSA) is 105 Å². The summed E-state index contributed by atoms with van der Waals surface area (Å²) in [4.78, 5) is 4.02. The van der Waals surface area contributed by atoms with Crippen LogP contribution in [0.4, 0.5) is 0 Å². The standard InChI is InChI=1S/C9H15N3O4S/c1-6-11-9(16-12-6)2-3-10-7-4-17(14,15)5-8(7)13/h7-8,10,13H,2-5H2,1H3. The molecule has 2 atom stereocenters. The highest BCUT2D eigenvalue weighted by Gasteiger charge is 2.35. The fourth-order valence-corrected chi connectivity index (χ4v) is 3.61. The van der Waals surface area contributed by atoms with E-state index in [1.807, 2.05) is 0 Å². The Kier molecular flexibility index (Phi) is 3.45. The largest absolute Gasteiger partial charge is 0.390 e. The normalized spacial score (nSPS) is 27.4. The molecule has 0 spiro atoms. The van der Waals surface area contributed by atoms with Crippen LogP contribution in [0.3, 0.4) is 0 Å². The quantitative estimate of drug-likeness (QED) is 0.691. The molecular formula is C9H15N3O4S. The van der Waals surface area contributed by atoms with Gasteiger partial charge in [0.05, 0.1) is 17.6 Å². The van der Waals surface area contributed by atoms with E-state index in [4.69, 9.17) is 4.52 Å². The van der Waals surface area contributed by atoms with Gasteiger partial charge in [0.2, 0.25) is 5.89 Å². The van der Waals surface area contributed by atoms with Crippen molar-refractivity contribution in [2.24, 2.45) is 0 Å². The van der Waals surface area contributed by atoms with Gasteiger partial charge in [-0.15, -0.1) is 0 Å². The first-order valence-corrected chi connectivity index (χ1v) is 7.19. The monoisotopic (exact) mass is 261 g/mol. The lowest BCUT2D eigenvalue weighted by Gasteiger charge is -2.13. The molecule has 1 aliphatic heterocycles. The Morgan fingerprint density at radius 3 is 2.82 bits per heavy atom. The molecule has 1 saturated heterocycles. The summed E-state index contributed by atoms with van der Waals surface area (Å²) in [5, 5.41) is 16.2. The molecule has 0 aliphatic carbocycles. The average Bonchev–Trinajstić information content (AvgIpc) is 2.71. The number of hydrogen-bond donors (Lipinski definition) is 2. The Balaban J connectivity index is 1.79. The van der Waals surface area contributed by atoms with Crippen LogP contribution in [0.2, 0.25) is 0 Å². The molecule has 0 aromatic carbocycles. The predicted octanol–water partition coefficient (Wildman–Crippen LogP) is -1.33. The molecule has 1 aromatic rings. The van der Waals surface area contributed by atoms with E-state index in [1.54, 1.807) is 6.92 Å². The summed E-state index contributed by atoms with van der Waals surface area (Å²) in [5.74, 6) is 0.898. The number of aliphatic hydroxyl groups is 1. The van der Waals surface area contributed by atoms with E-state index < -0.39 is 22.0 Å². The van der Waals surface area contributed by atoms with Crippen LogP contribution < -0.4 is 5.32 Å². The minimum Gasteiger partial charge on any atom is -0.390 e. The fraction of sp³-hybridized carbons (Fsp3) is 0.778. The molecule has 1 fully saturated rings. The molecule has 2 N–H and O–H groups in total. The molecule has 0 saturated carbocycles. The van der Waals surface area contributed by atoms with Crippen molar-refractivity contribution in [2.75, 3.05) is 18.1 Å². The highest BCUT2D eigenvalue weighted by Crippen LogP contribution is 2.12. The molecule has 1 aliphatic rings. The SMILES string of the molecule is Cc1noc(CCNC2CS(=O)(=O)CC2O)n1. The van der Waals surface area contributed by atoms with Crippen LogP contribution in [0.5, 0.6) is 0 Å². The summed E-state index contributed by atoms with van der Waals surface area (Å²) in [5.41, 5.74) is 0. The summed E-state index contributed by atoms with van der Waals surface area (Å²) in [6.07, 6.45) is -0.311. The number of hydrogen-bond acceptors (Lipinski definition) is 7. The van der Waals surface area contributed by atoms with E-state index in [2.05, 4.69) is 15.5 Å². The van der Waals surface area contributed by atoms with Gasteiger partial charge in [0.15, 0.2) is 15.7 Å². The van der Waals surface area contributed by atoms with Crippen LogP contribution in [0.1, 0.15) is 11.7 Å². The predicted molar refractivity (Wildman–Crippen MR) is 59.2 cm³/mol. The van der Waals surface area contributed by atoms with Crippen LogP contribution in [0.25, 0.3) is 0 Å². The van der Waals surface area contributed by atoms with Crippen LogP contribution in [-0.4, -0.2) is 53.9 Å². The molecule has 0 bridgehead atoms. The van der Waals surface area contributed by atoms with Crippen molar-refractivity contribution in [1.29, 1.82) is 0 Å². The number of aliphatic hydroxyl groups excluding tert-OH is 1. The van der Waals surface area contributed by atoms with E-state index in [-0.39, 0.29) is 11.5 Å². The van der Waals surface area contributed by atoms with Crippen molar-refractivity contribution in [1.82, 2.24) is 15.5 Å². The summed E-state index contributed by atoms with van der Waals surface area (Å²) in [7, 11) is -3.10. The average molecular weight is 261 g/mol. The minimum atomic E-state index is -3.10. The third kappa shape index (κ3) is 3.24. The summed E-state index contributed by atoms with van der Waals surface area (Å²) in [6.45, 7) is 2.23. The van der Waals surface area contributed by atoms with Crippen molar-refractivity contribution >= 4 is 9.84 Å². The van der Waals surface area contributed by atoms with Crippen molar-refractivity contribution in [3.63, 3.8) is 0 Å². The maximum Gasteiger partial charge on any atom is 0.227 e. The zero-order valence-electron chi connectivity index (χ0n) is 9.46. The van der Waals surface area contributed by atoms with Gasteiger partial charge in [0.1, 0.15) is 0 Å². The van der Waals surface area contributed by atoms with Crippen LogP contribution in [0, 0.1) is 6.92 Å². The molecule has 0 amide bonds. The molecule has 8 heteroatoms. The van der Waals surface area contributed by atoms with Gasteiger partial charge in [-0.2, -0.15) is 4.98 Å². The van der Waals surface area contributed by atoms with Crippen molar-refractivity contribution in [3.8, 4) is 0 Å². The smallest absolute Gasteiger partial charge is 0.227 e. The minimum absolute atomic E-state index is 0.0168. The van der Waals surface area contributed by atoms with Gasteiger partial charge in [-0.1, -0.05) is 5.16 Å². The van der Waals surface area contributed by atoms with Gasteiger partial charge >= 0.3 is 0 Å². The molecule has 7 nitrogen and oxygen atoms in total. The van der Waals surface area contributed by atoms with E-state index in [1.165, 1.54) is 0 Å². The Bertz CT molecular complexity index is 484. The summed E-state index contributed by atoms with van der Waals surface area (Å²) in [6, 6.07) is -0.399. The van der Waals surface area contributed by atoms with Crippen molar-refractivity contribution in [2.45, 2.75) is 25.5 Å². The molecule has 17 heavy (non-hydrogen) atoms. The number of nitrogens with zero attached hydrogens (tertiary/aromatic N) is 2. The van der Waals surface area contributed by atoms with Crippen LogP contribution in [-0.2, 0) is 16.3 Å². The lowest BCUT2D eigenvalue weighted by molar-refractivity contribution is 0.166. The van der Waals surface area contributed by atoms with Gasteiger partial charge in [0.25, 0.3) is 0 Å². The molecular weight excluding hydrogens is 246 g/mol. The van der Waals surface area contributed by atoms with Crippen molar-refractivity contribution in [3.05, 3.63) is 11.7 Å². The van der Waals surface area contributed by atoms with Gasteiger partial charge in [-0.25, -0.2) is 8.42 Å². The number of nitrogens with one attached hydrogen (secondary N) is 1. The van der Waals surface area contributed by atoms with Gasteiger partial charge in [-0.3, -0.25) is 0 Å². The van der Waals surface area contributed by atoms with Gasteiger partial charge < -0.3 is 14.9 Å². The van der Waals surface area contributed by atoms with E-state index in [9.17, 15) is 13.5 Å². The number of aromatic nitrogens is 2. The number of rotatable bonds is 4.